The van der Waals surface area contributed by atoms with E-state index in [4.69, 9.17) is 9.47 Å². The minimum Gasteiger partial charge on any atom is -0.379 e. The standard InChI is InChI=1S/C20H34O5S/c1-3-5-7-13-19(10-4-2)25-17-16-24-15-14-20(26(21,22)23)18-11-8-6-9-12-18/h6,8-9,11-12,19-20H,3-5,7,10,13-17H2,1-2H3,(H,21,22,23). The molecule has 0 aliphatic rings. The molecule has 1 aromatic rings. The van der Waals surface area contributed by atoms with Crippen LogP contribution < -0.4 is 0 Å². The van der Waals surface area contributed by atoms with E-state index in [2.05, 4.69) is 13.8 Å². The molecular formula is C20H34O5S. The molecule has 6 heteroatoms. The van der Waals surface area contributed by atoms with Crippen LogP contribution in [0.4, 0.5) is 0 Å². The van der Waals surface area contributed by atoms with Crippen molar-refractivity contribution in [2.24, 2.45) is 0 Å². The second-order valence-electron chi connectivity index (χ2n) is 6.59. The molecule has 1 rings (SSSR count). The van der Waals surface area contributed by atoms with Crippen molar-refractivity contribution in [2.45, 2.75) is 70.1 Å². The molecule has 2 unspecified atom stereocenters. The first-order valence-corrected chi connectivity index (χ1v) is 11.2. The maximum atomic E-state index is 11.6. The summed E-state index contributed by atoms with van der Waals surface area (Å²) >= 11 is 0. The highest BCUT2D eigenvalue weighted by Crippen LogP contribution is 2.24. The largest absolute Gasteiger partial charge is 0.379 e. The summed E-state index contributed by atoms with van der Waals surface area (Å²) in [4.78, 5) is 0. The molecule has 0 spiro atoms. The summed E-state index contributed by atoms with van der Waals surface area (Å²) in [5, 5.41) is -0.952. The molecule has 0 saturated carbocycles. The number of hydrogen-bond acceptors (Lipinski definition) is 4. The van der Waals surface area contributed by atoms with E-state index in [9.17, 15) is 13.0 Å². The van der Waals surface area contributed by atoms with Gasteiger partial charge in [0.15, 0.2) is 0 Å². The van der Waals surface area contributed by atoms with Gasteiger partial charge in [-0.2, -0.15) is 8.42 Å². The molecule has 0 aromatic heterocycles. The van der Waals surface area contributed by atoms with Crippen molar-refractivity contribution in [3.8, 4) is 0 Å². The second-order valence-corrected chi connectivity index (χ2v) is 8.19. The zero-order valence-electron chi connectivity index (χ0n) is 16.1. The Morgan fingerprint density at radius 2 is 1.65 bits per heavy atom. The third-order valence-electron chi connectivity index (χ3n) is 4.38. The molecule has 0 saturated heterocycles. The zero-order valence-corrected chi connectivity index (χ0v) is 16.9. The van der Waals surface area contributed by atoms with Crippen LogP contribution in [0, 0.1) is 0 Å². The summed E-state index contributed by atoms with van der Waals surface area (Å²) in [6, 6.07) is 8.73. The molecular weight excluding hydrogens is 352 g/mol. The van der Waals surface area contributed by atoms with Crippen molar-refractivity contribution in [3.63, 3.8) is 0 Å². The van der Waals surface area contributed by atoms with E-state index in [1.165, 1.54) is 19.3 Å². The number of ether oxygens (including phenoxy) is 2. The van der Waals surface area contributed by atoms with Gasteiger partial charge in [0.05, 0.1) is 19.3 Å². The molecule has 5 nitrogen and oxygen atoms in total. The van der Waals surface area contributed by atoms with E-state index >= 15 is 0 Å². The zero-order chi connectivity index (χ0) is 19.3. The summed E-state index contributed by atoms with van der Waals surface area (Å²) in [6.07, 6.45) is 7.38. The monoisotopic (exact) mass is 386 g/mol. The van der Waals surface area contributed by atoms with Gasteiger partial charge in [0.1, 0.15) is 5.25 Å². The lowest BCUT2D eigenvalue weighted by Gasteiger charge is -2.18. The molecule has 26 heavy (non-hydrogen) atoms. The lowest BCUT2D eigenvalue weighted by molar-refractivity contribution is -0.00380. The van der Waals surface area contributed by atoms with Crippen LogP contribution >= 0.6 is 0 Å². The lowest BCUT2D eigenvalue weighted by Crippen LogP contribution is -2.18. The summed E-state index contributed by atoms with van der Waals surface area (Å²) in [5.74, 6) is 0. The molecule has 1 aromatic carbocycles. The van der Waals surface area contributed by atoms with Crippen molar-refractivity contribution in [1.29, 1.82) is 0 Å². The molecule has 0 radical (unpaired) electrons. The molecule has 0 bridgehead atoms. The Bertz CT molecular complexity index is 559. The van der Waals surface area contributed by atoms with Crippen molar-refractivity contribution >= 4 is 10.1 Å². The third-order valence-corrected chi connectivity index (χ3v) is 5.60. The minimum absolute atomic E-state index is 0.220. The van der Waals surface area contributed by atoms with Crippen LogP contribution in [0.25, 0.3) is 0 Å². The van der Waals surface area contributed by atoms with E-state index in [1.807, 2.05) is 6.07 Å². The summed E-state index contributed by atoms with van der Waals surface area (Å²) in [7, 11) is -4.16. The lowest BCUT2D eigenvalue weighted by atomic mass is 10.1. The van der Waals surface area contributed by atoms with Crippen molar-refractivity contribution in [3.05, 3.63) is 35.9 Å². The Labute approximate surface area is 158 Å². The third kappa shape index (κ3) is 9.67. The molecule has 0 aliphatic heterocycles. The van der Waals surface area contributed by atoms with Crippen LogP contribution in [-0.2, 0) is 19.6 Å². The first-order chi connectivity index (χ1) is 12.5. The highest BCUT2D eigenvalue weighted by molar-refractivity contribution is 7.86. The van der Waals surface area contributed by atoms with E-state index < -0.39 is 15.4 Å². The minimum atomic E-state index is -4.16. The Balaban J connectivity index is 2.31. The highest BCUT2D eigenvalue weighted by Gasteiger charge is 2.24. The van der Waals surface area contributed by atoms with E-state index in [-0.39, 0.29) is 19.1 Å². The summed E-state index contributed by atoms with van der Waals surface area (Å²) in [5.41, 5.74) is 0.578. The number of unbranched alkanes of at least 4 members (excludes halogenated alkanes) is 2. The van der Waals surface area contributed by atoms with Gasteiger partial charge in [-0.1, -0.05) is 69.9 Å². The van der Waals surface area contributed by atoms with Crippen LogP contribution in [0.5, 0.6) is 0 Å². The van der Waals surface area contributed by atoms with Gasteiger partial charge in [-0.25, -0.2) is 0 Å². The molecule has 0 heterocycles. The van der Waals surface area contributed by atoms with Crippen molar-refractivity contribution in [1.82, 2.24) is 0 Å². The van der Waals surface area contributed by atoms with Crippen LogP contribution in [0.1, 0.15) is 69.6 Å². The normalized spacial score (nSPS) is 14.3. The van der Waals surface area contributed by atoms with Crippen LogP contribution in [0.15, 0.2) is 30.3 Å². The van der Waals surface area contributed by atoms with Gasteiger partial charge in [-0.15, -0.1) is 0 Å². The maximum absolute atomic E-state index is 11.6. The van der Waals surface area contributed by atoms with Gasteiger partial charge < -0.3 is 9.47 Å². The number of hydrogen-bond donors (Lipinski definition) is 1. The Morgan fingerprint density at radius 1 is 0.923 bits per heavy atom. The molecule has 1 N–H and O–H groups in total. The topological polar surface area (TPSA) is 72.8 Å². The van der Waals surface area contributed by atoms with E-state index in [0.717, 1.165) is 19.3 Å². The first-order valence-electron chi connectivity index (χ1n) is 9.69. The van der Waals surface area contributed by atoms with Crippen molar-refractivity contribution < 1.29 is 22.4 Å². The number of rotatable bonds is 15. The molecule has 2 atom stereocenters. The van der Waals surface area contributed by atoms with Crippen LogP contribution in [0.3, 0.4) is 0 Å². The fraction of sp³-hybridized carbons (Fsp3) is 0.700. The predicted octanol–water partition coefficient (Wildman–Crippen LogP) is 4.79. The van der Waals surface area contributed by atoms with Crippen LogP contribution in [-0.4, -0.2) is 38.9 Å². The van der Waals surface area contributed by atoms with Crippen LogP contribution in [0.2, 0.25) is 0 Å². The van der Waals surface area contributed by atoms with Gasteiger partial charge in [0.25, 0.3) is 10.1 Å². The van der Waals surface area contributed by atoms with E-state index in [1.54, 1.807) is 24.3 Å². The highest BCUT2D eigenvalue weighted by atomic mass is 32.2. The van der Waals surface area contributed by atoms with Gasteiger partial charge in [0.2, 0.25) is 0 Å². The molecule has 0 aliphatic carbocycles. The van der Waals surface area contributed by atoms with Gasteiger partial charge >= 0.3 is 0 Å². The number of benzene rings is 1. The first kappa shape index (κ1) is 23.1. The Morgan fingerprint density at radius 3 is 2.27 bits per heavy atom. The second kappa shape index (κ2) is 13.3. The fourth-order valence-electron chi connectivity index (χ4n) is 2.98. The quantitative estimate of drug-likeness (QED) is 0.347. The summed E-state index contributed by atoms with van der Waals surface area (Å²) in [6.45, 7) is 5.56. The average molecular weight is 387 g/mol. The van der Waals surface area contributed by atoms with Gasteiger partial charge in [0, 0.05) is 6.61 Å². The van der Waals surface area contributed by atoms with Gasteiger partial charge in [-0.05, 0) is 24.8 Å². The molecule has 0 amide bonds. The van der Waals surface area contributed by atoms with Crippen molar-refractivity contribution in [2.75, 3.05) is 19.8 Å². The average Bonchev–Trinajstić information content (AvgIpc) is 2.60. The van der Waals surface area contributed by atoms with E-state index in [0.29, 0.717) is 18.8 Å². The fourth-order valence-corrected chi connectivity index (χ4v) is 3.87. The maximum Gasteiger partial charge on any atom is 0.272 e. The van der Waals surface area contributed by atoms with Gasteiger partial charge in [-0.3, -0.25) is 4.55 Å². The summed E-state index contributed by atoms with van der Waals surface area (Å²) < 4.78 is 44.1. The predicted molar refractivity (Wildman–Crippen MR) is 105 cm³/mol. The smallest absolute Gasteiger partial charge is 0.272 e. The SMILES string of the molecule is CCCCCC(CCC)OCCOCCC(c1ccccc1)S(=O)(=O)O. The Hall–Kier alpha value is -0.950. The molecule has 150 valence electrons. The molecule has 0 fully saturated rings. The Kier molecular flexibility index (Phi) is 11.8.